The third-order valence-electron chi connectivity index (χ3n) is 3.03. The predicted molar refractivity (Wildman–Crippen MR) is 52.6 cm³/mol. The molecule has 1 atom stereocenters. The van der Waals surface area contributed by atoms with Gasteiger partial charge < -0.3 is 0 Å². The van der Waals surface area contributed by atoms with Crippen LogP contribution in [0.4, 0.5) is 8.78 Å². The zero-order valence-electron chi connectivity index (χ0n) is 8.68. The van der Waals surface area contributed by atoms with Crippen LogP contribution in [0.3, 0.4) is 0 Å². The molecule has 1 unspecified atom stereocenters. The van der Waals surface area contributed by atoms with Gasteiger partial charge in [0.25, 0.3) is 0 Å². The van der Waals surface area contributed by atoms with Crippen LogP contribution >= 0.6 is 0 Å². The van der Waals surface area contributed by atoms with Crippen molar-refractivity contribution in [2.45, 2.75) is 20.3 Å². The summed E-state index contributed by atoms with van der Waals surface area (Å²) in [6.07, 6.45) is 0.824. The average molecular weight is 210 g/mol. The number of rotatable bonds is 2. The molecule has 2 rings (SSSR count). The average Bonchev–Trinajstić information content (AvgIpc) is 2.79. The second-order valence-electron chi connectivity index (χ2n) is 4.74. The number of halogens is 2. The van der Waals surface area contributed by atoms with Gasteiger partial charge in [-0.15, -0.1) is 0 Å². The summed E-state index contributed by atoms with van der Waals surface area (Å²) >= 11 is 0. The lowest BCUT2D eigenvalue weighted by Crippen LogP contribution is -2.07. The molecule has 0 N–H and O–H groups in total. The van der Waals surface area contributed by atoms with Crippen molar-refractivity contribution in [1.29, 1.82) is 0 Å². The maximum Gasteiger partial charge on any atom is 0.166 e. The van der Waals surface area contributed by atoms with Crippen molar-refractivity contribution in [2.75, 3.05) is 0 Å². The molecule has 1 fully saturated rings. The second-order valence-corrected chi connectivity index (χ2v) is 4.74. The quantitative estimate of drug-likeness (QED) is 0.685. The standard InChI is InChI=1S/C12H12F2O/c1-12(2)6-8(12)11(15)7-3-4-9(13)10(14)5-7/h3-5,8H,6H2,1-2H3. The molecule has 0 bridgehead atoms. The first-order valence-electron chi connectivity index (χ1n) is 4.91. The van der Waals surface area contributed by atoms with Crippen LogP contribution < -0.4 is 0 Å². The maximum atomic E-state index is 12.9. The topological polar surface area (TPSA) is 17.1 Å². The van der Waals surface area contributed by atoms with Crippen molar-refractivity contribution in [2.24, 2.45) is 11.3 Å². The summed E-state index contributed by atoms with van der Waals surface area (Å²) in [5.74, 6) is -2.00. The first-order valence-corrected chi connectivity index (χ1v) is 4.91. The molecule has 15 heavy (non-hydrogen) atoms. The highest BCUT2D eigenvalue weighted by Gasteiger charge is 2.50. The zero-order valence-corrected chi connectivity index (χ0v) is 8.68. The Morgan fingerprint density at radius 2 is 1.93 bits per heavy atom. The molecule has 0 aromatic heterocycles. The van der Waals surface area contributed by atoms with E-state index >= 15 is 0 Å². The van der Waals surface area contributed by atoms with Crippen molar-refractivity contribution in [3.8, 4) is 0 Å². The van der Waals surface area contributed by atoms with Gasteiger partial charge in [-0.05, 0) is 30.0 Å². The fraction of sp³-hybridized carbons (Fsp3) is 0.417. The minimum Gasteiger partial charge on any atom is -0.294 e. The lowest BCUT2D eigenvalue weighted by molar-refractivity contribution is 0.0952. The molecule has 0 heterocycles. The molecule has 1 aromatic carbocycles. The fourth-order valence-corrected chi connectivity index (χ4v) is 1.77. The fourth-order valence-electron chi connectivity index (χ4n) is 1.77. The molecule has 80 valence electrons. The van der Waals surface area contributed by atoms with Gasteiger partial charge in [-0.3, -0.25) is 4.79 Å². The van der Waals surface area contributed by atoms with Gasteiger partial charge in [-0.1, -0.05) is 13.8 Å². The van der Waals surface area contributed by atoms with Gasteiger partial charge in [0, 0.05) is 11.5 Å². The first kappa shape index (κ1) is 10.3. The monoisotopic (exact) mass is 210 g/mol. The van der Waals surface area contributed by atoms with E-state index in [4.69, 9.17) is 0 Å². The van der Waals surface area contributed by atoms with Crippen LogP contribution in [0, 0.1) is 23.0 Å². The number of benzene rings is 1. The minimum atomic E-state index is -0.959. The van der Waals surface area contributed by atoms with Crippen LogP contribution in [0.5, 0.6) is 0 Å². The third-order valence-corrected chi connectivity index (χ3v) is 3.03. The summed E-state index contributed by atoms with van der Waals surface area (Å²) in [5.41, 5.74) is 0.284. The smallest absolute Gasteiger partial charge is 0.166 e. The summed E-state index contributed by atoms with van der Waals surface area (Å²) in [6.45, 7) is 3.99. The summed E-state index contributed by atoms with van der Waals surface area (Å²) < 4.78 is 25.5. The summed E-state index contributed by atoms with van der Waals surface area (Å²) in [4.78, 5) is 11.8. The molecule has 3 heteroatoms. The van der Waals surface area contributed by atoms with Crippen molar-refractivity contribution in [1.82, 2.24) is 0 Å². The van der Waals surface area contributed by atoms with Crippen LogP contribution in [0.2, 0.25) is 0 Å². The molecular formula is C12H12F2O. The van der Waals surface area contributed by atoms with Crippen molar-refractivity contribution < 1.29 is 13.6 Å². The molecule has 0 amide bonds. The van der Waals surface area contributed by atoms with Gasteiger partial charge in [-0.2, -0.15) is 0 Å². The molecule has 0 radical (unpaired) electrons. The highest BCUT2D eigenvalue weighted by atomic mass is 19.2. The minimum absolute atomic E-state index is 0.0158. The van der Waals surface area contributed by atoms with Crippen molar-refractivity contribution in [3.05, 3.63) is 35.4 Å². The molecular weight excluding hydrogens is 198 g/mol. The van der Waals surface area contributed by atoms with Gasteiger partial charge >= 0.3 is 0 Å². The van der Waals surface area contributed by atoms with Crippen LogP contribution in [0.1, 0.15) is 30.6 Å². The second kappa shape index (κ2) is 3.12. The molecule has 0 spiro atoms. The number of Topliss-reactive ketones (excluding diaryl/α,β-unsaturated/α-hetero) is 1. The normalized spacial score (nSPS) is 22.5. The van der Waals surface area contributed by atoms with Gasteiger partial charge in [0.05, 0.1) is 0 Å². The molecule has 1 aromatic rings. The molecule has 1 nitrogen and oxygen atoms in total. The lowest BCUT2D eigenvalue weighted by Gasteiger charge is -2.03. The van der Waals surface area contributed by atoms with Gasteiger partial charge in [-0.25, -0.2) is 8.78 Å². The summed E-state index contributed by atoms with van der Waals surface area (Å²) in [6, 6.07) is 3.32. The van der Waals surface area contributed by atoms with Gasteiger partial charge in [0.1, 0.15) is 0 Å². The van der Waals surface area contributed by atoms with E-state index in [0.717, 1.165) is 18.6 Å². The lowest BCUT2D eigenvalue weighted by atomic mass is 10.0. The first-order chi connectivity index (χ1) is 6.92. The Morgan fingerprint density at radius 3 is 2.40 bits per heavy atom. The number of ketones is 1. The van der Waals surface area contributed by atoms with E-state index in [1.165, 1.54) is 6.07 Å². The number of carbonyl (C=O) groups is 1. The molecule has 0 saturated heterocycles. The molecule has 1 aliphatic rings. The van der Waals surface area contributed by atoms with E-state index in [-0.39, 0.29) is 22.7 Å². The van der Waals surface area contributed by atoms with Crippen LogP contribution in [-0.4, -0.2) is 5.78 Å². The Morgan fingerprint density at radius 1 is 1.33 bits per heavy atom. The van der Waals surface area contributed by atoms with Crippen molar-refractivity contribution in [3.63, 3.8) is 0 Å². The van der Waals surface area contributed by atoms with Gasteiger partial charge in [0.2, 0.25) is 0 Å². The SMILES string of the molecule is CC1(C)CC1C(=O)c1ccc(F)c(F)c1. The van der Waals surface area contributed by atoms with Crippen LogP contribution in [0.15, 0.2) is 18.2 Å². The number of carbonyl (C=O) groups excluding carboxylic acids is 1. The molecule has 1 aliphatic carbocycles. The van der Waals surface area contributed by atoms with Crippen LogP contribution in [-0.2, 0) is 0 Å². The Labute approximate surface area is 87.1 Å². The van der Waals surface area contributed by atoms with E-state index in [2.05, 4.69) is 0 Å². The summed E-state index contributed by atoms with van der Waals surface area (Å²) in [5, 5.41) is 0. The summed E-state index contributed by atoms with van der Waals surface area (Å²) in [7, 11) is 0. The third kappa shape index (κ3) is 1.78. The highest BCUT2D eigenvalue weighted by Crippen LogP contribution is 2.53. The van der Waals surface area contributed by atoms with Gasteiger partial charge in [0.15, 0.2) is 17.4 Å². The maximum absolute atomic E-state index is 12.9. The Bertz CT molecular complexity index is 424. The molecule has 0 aliphatic heterocycles. The largest absolute Gasteiger partial charge is 0.294 e. The Balaban J connectivity index is 2.24. The Kier molecular flexibility index (Phi) is 2.14. The number of hydrogen-bond donors (Lipinski definition) is 0. The number of hydrogen-bond acceptors (Lipinski definition) is 1. The van der Waals surface area contributed by atoms with Crippen molar-refractivity contribution >= 4 is 5.78 Å². The zero-order chi connectivity index (χ0) is 11.2. The van der Waals surface area contributed by atoms with E-state index in [9.17, 15) is 13.6 Å². The van der Waals surface area contributed by atoms with E-state index in [0.29, 0.717) is 0 Å². The van der Waals surface area contributed by atoms with E-state index < -0.39 is 11.6 Å². The highest BCUT2D eigenvalue weighted by molar-refractivity contribution is 6.00. The predicted octanol–water partition coefficient (Wildman–Crippen LogP) is 3.19. The Hall–Kier alpha value is -1.25. The van der Waals surface area contributed by atoms with E-state index in [1.807, 2.05) is 13.8 Å². The van der Waals surface area contributed by atoms with E-state index in [1.54, 1.807) is 0 Å². The van der Waals surface area contributed by atoms with Crippen LogP contribution in [0.25, 0.3) is 0 Å². The molecule has 1 saturated carbocycles.